The Balaban J connectivity index is 1.85. The molecule has 1 heterocycles. The van der Waals surface area contributed by atoms with E-state index in [2.05, 4.69) is 52.5 Å². The molecule has 0 bridgehead atoms. The van der Waals surface area contributed by atoms with Crippen molar-refractivity contribution in [1.82, 2.24) is 10.2 Å². The van der Waals surface area contributed by atoms with E-state index >= 15 is 0 Å². The molecule has 1 fully saturated rings. The van der Waals surface area contributed by atoms with E-state index in [9.17, 15) is 0 Å². The zero-order valence-corrected chi connectivity index (χ0v) is 13.8. The summed E-state index contributed by atoms with van der Waals surface area (Å²) in [4.78, 5) is 7.11. The van der Waals surface area contributed by atoms with Crippen LogP contribution >= 0.6 is 0 Å². The van der Waals surface area contributed by atoms with Crippen molar-refractivity contribution in [1.29, 1.82) is 0 Å². The fraction of sp³-hybridized carbons (Fsp3) is 0.611. The van der Waals surface area contributed by atoms with Crippen LogP contribution < -0.4 is 11.1 Å². The fourth-order valence-electron chi connectivity index (χ4n) is 2.95. The Morgan fingerprint density at radius 3 is 2.91 bits per heavy atom. The van der Waals surface area contributed by atoms with Crippen molar-refractivity contribution >= 4 is 5.96 Å². The van der Waals surface area contributed by atoms with E-state index in [1.807, 2.05) is 0 Å². The van der Waals surface area contributed by atoms with Gasteiger partial charge in [-0.2, -0.15) is 0 Å². The van der Waals surface area contributed by atoms with Gasteiger partial charge in [0.25, 0.3) is 0 Å². The molecule has 4 heteroatoms. The molecule has 2 rings (SSSR count). The highest BCUT2D eigenvalue weighted by Gasteiger charge is 2.22. The highest BCUT2D eigenvalue weighted by atomic mass is 15.2. The Morgan fingerprint density at radius 2 is 2.14 bits per heavy atom. The Morgan fingerprint density at radius 1 is 1.32 bits per heavy atom. The van der Waals surface area contributed by atoms with E-state index in [0.717, 1.165) is 32.6 Å². The average Bonchev–Trinajstić information content (AvgIpc) is 2.55. The molecule has 1 aromatic carbocycles. The van der Waals surface area contributed by atoms with Crippen molar-refractivity contribution in [2.75, 3.05) is 19.6 Å². The van der Waals surface area contributed by atoms with Gasteiger partial charge in [0.2, 0.25) is 0 Å². The molecule has 1 aliphatic rings. The summed E-state index contributed by atoms with van der Waals surface area (Å²) >= 11 is 0. The van der Waals surface area contributed by atoms with E-state index in [1.165, 1.54) is 31.2 Å². The van der Waals surface area contributed by atoms with Crippen LogP contribution in [0.2, 0.25) is 0 Å². The topological polar surface area (TPSA) is 53.6 Å². The summed E-state index contributed by atoms with van der Waals surface area (Å²) in [6.45, 7) is 6.09. The summed E-state index contributed by atoms with van der Waals surface area (Å²) in [5, 5.41) is 3.20. The van der Waals surface area contributed by atoms with Gasteiger partial charge in [0.05, 0.1) is 6.54 Å². The van der Waals surface area contributed by atoms with Crippen LogP contribution in [-0.4, -0.2) is 36.5 Å². The van der Waals surface area contributed by atoms with Crippen molar-refractivity contribution in [2.45, 2.75) is 51.6 Å². The molecule has 1 atom stereocenters. The number of nitrogens with two attached hydrogens (primary N) is 1. The molecule has 0 aliphatic carbocycles. The molecule has 0 aromatic heterocycles. The third-order valence-electron chi connectivity index (χ3n) is 4.29. The van der Waals surface area contributed by atoms with E-state index < -0.39 is 0 Å². The van der Waals surface area contributed by atoms with E-state index in [1.54, 1.807) is 0 Å². The SMILES string of the molecule is CCCCNC(N)=NCC1CCCCN1Cc1ccccc1. The number of hydrogen-bond acceptors (Lipinski definition) is 2. The first-order valence-corrected chi connectivity index (χ1v) is 8.61. The molecule has 22 heavy (non-hydrogen) atoms. The maximum Gasteiger partial charge on any atom is 0.188 e. The van der Waals surface area contributed by atoms with Gasteiger partial charge in [0.1, 0.15) is 0 Å². The number of benzene rings is 1. The Labute approximate surface area is 134 Å². The summed E-state index contributed by atoms with van der Waals surface area (Å²) in [6.07, 6.45) is 6.12. The predicted molar refractivity (Wildman–Crippen MR) is 93.9 cm³/mol. The quantitative estimate of drug-likeness (QED) is 0.462. The largest absolute Gasteiger partial charge is 0.370 e. The molecule has 1 unspecified atom stereocenters. The lowest BCUT2D eigenvalue weighted by molar-refractivity contribution is 0.145. The Hall–Kier alpha value is -1.55. The number of piperidine rings is 1. The number of unbranched alkanes of at least 4 members (excludes halogenated alkanes) is 1. The van der Waals surface area contributed by atoms with Crippen molar-refractivity contribution in [3.05, 3.63) is 35.9 Å². The van der Waals surface area contributed by atoms with Crippen LogP contribution in [0.4, 0.5) is 0 Å². The van der Waals surface area contributed by atoms with Crippen molar-refractivity contribution < 1.29 is 0 Å². The highest BCUT2D eigenvalue weighted by Crippen LogP contribution is 2.19. The molecule has 1 aliphatic heterocycles. The first-order chi connectivity index (χ1) is 10.8. The van der Waals surface area contributed by atoms with Gasteiger partial charge in [-0.05, 0) is 31.4 Å². The minimum absolute atomic E-state index is 0.514. The fourth-order valence-corrected chi connectivity index (χ4v) is 2.95. The third kappa shape index (κ3) is 5.68. The molecule has 122 valence electrons. The standard InChI is InChI=1S/C18H30N4/c1-2-3-12-20-18(19)21-14-17-11-7-8-13-22(17)15-16-9-5-4-6-10-16/h4-6,9-10,17H,2-3,7-8,11-15H2,1H3,(H3,19,20,21). The van der Waals surface area contributed by atoms with E-state index in [4.69, 9.17) is 5.73 Å². The molecular formula is C18H30N4. The summed E-state index contributed by atoms with van der Waals surface area (Å²) in [6, 6.07) is 11.2. The van der Waals surface area contributed by atoms with Gasteiger partial charge in [-0.3, -0.25) is 9.89 Å². The van der Waals surface area contributed by atoms with Crippen LogP contribution in [0.15, 0.2) is 35.3 Å². The number of likely N-dealkylation sites (tertiary alicyclic amines) is 1. The van der Waals surface area contributed by atoms with Crippen LogP contribution in [0.3, 0.4) is 0 Å². The highest BCUT2D eigenvalue weighted by molar-refractivity contribution is 5.77. The van der Waals surface area contributed by atoms with Crippen LogP contribution in [0.25, 0.3) is 0 Å². The van der Waals surface area contributed by atoms with Gasteiger partial charge in [-0.1, -0.05) is 50.1 Å². The number of hydrogen-bond donors (Lipinski definition) is 2. The lowest BCUT2D eigenvalue weighted by Crippen LogP contribution is -2.42. The molecule has 1 aromatic rings. The van der Waals surface area contributed by atoms with Gasteiger partial charge in [-0.25, -0.2) is 0 Å². The molecule has 4 nitrogen and oxygen atoms in total. The first-order valence-electron chi connectivity index (χ1n) is 8.61. The molecule has 0 saturated carbocycles. The van der Waals surface area contributed by atoms with Gasteiger partial charge in [0.15, 0.2) is 5.96 Å². The summed E-state index contributed by atoms with van der Waals surface area (Å²) in [5.74, 6) is 0.596. The van der Waals surface area contributed by atoms with E-state index in [0.29, 0.717) is 12.0 Å². The van der Waals surface area contributed by atoms with Gasteiger partial charge in [-0.15, -0.1) is 0 Å². The van der Waals surface area contributed by atoms with Crippen LogP contribution in [0.1, 0.15) is 44.6 Å². The molecule has 0 amide bonds. The molecular weight excluding hydrogens is 272 g/mol. The van der Waals surface area contributed by atoms with Gasteiger partial charge < -0.3 is 11.1 Å². The predicted octanol–water partition coefficient (Wildman–Crippen LogP) is 2.75. The molecule has 1 saturated heterocycles. The lowest BCUT2D eigenvalue weighted by Gasteiger charge is -2.35. The smallest absolute Gasteiger partial charge is 0.188 e. The first kappa shape index (κ1) is 16.8. The van der Waals surface area contributed by atoms with Crippen LogP contribution in [0, 0.1) is 0 Å². The van der Waals surface area contributed by atoms with Crippen molar-refractivity contribution in [3.8, 4) is 0 Å². The second-order valence-corrected chi connectivity index (χ2v) is 6.11. The summed E-state index contributed by atoms with van der Waals surface area (Å²) in [7, 11) is 0. The molecule has 3 N–H and O–H groups in total. The summed E-state index contributed by atoms with van der Waals surface area (Å²) < 4.78 is 0. The van der Waals surface area contributed by atoms with Crippen LogP contribution in [-0.2, 0) is 6.54 Å². The maximum atomic E-state index is 5.95. The number of rotatable bonds is 7. The minimum Gasteiger partial charge on any atom is -0.370 e. The van der Waals surface area contributed by atoms with Crippen LogP contribution in [0.5, 0.6) is 0 Å². The monoisotopic (exact) mass is 302 g/mol. The minimum atomic E-state index is 0.514. The van der Waals surface area contributed by atoms with E-state index in [-0.39, 0.29) is 0 Å². The summed E-state index contributed by atoms with van der Waals surface area (Å²) in [5.41, 5.74) is 7.33. The zero-order valence-electron chi connectivity index (χ0n) is 13.8. The number of nitrogens with one attached hydrogen (secondary N) is 1. The second-order valence-electron chi connectivity index (χ2n) is 6.11. The maximum absolute atomic E-state index is 5.95. The normalized spacial score (nSPS) is 20.0. The third-order valence-corrected chi connectivity index (χ3v) is 4.29. The van der Waals surface area contributed by atoms with Crippen molar-refractivity contribution in [3.63, 3.8) is 0 Å². The molecule has 0 radical (unpaired) electrons. The molecule has 0 spiro atoms. The number of guanidine groups is 1. The van der Waals surface area contributed by atoms with Gasteiger partial charge >= 0.3 is 0 Å². The number of nitrogens with zero attached hydrogens (tertiary/aromatic N) is 2. The second kappa shape index (κ2) is 9.46. The van der Waals surface area contributed by atoms with Gasteiger partial charge in [0, 0.05) is 19.1 Å². The Kier molecular flexibility index (Phi) is 7.23. The number of aliphatic imine (C=N–C) groups is 1. The average molecular weight is 302 g/mol. The lowest BCUT2D eigenvalue weighted by atomic mass is 10.0. The van der Waals surface area contributed by atoms with Crippen molar-refractivity contribution in [2.24, 2.45) is 10.7 Å². The zero-order chi connectivity index (χ0) is 15.6. The Bertz CT molecular complexity index is 444.